The molecule has 0 heterocycles. The van der Waals surface area contributed by atoms with Gasteiger partial charge in [-0.3, -0.25) is 9.59 Å². The topological polar surface area (TPSA) is 34.1 Å². The molecule has 0 aliphatic heterocycles. The van der Waals surface area contributed by atoms with E-state index in [1.165, 1.54) is 13.8 Å². The first-order chi connectivity index (χ1) is 8.41. The van der Waals surface area contributed by atoms with Crippen LogP contribution in [-0.2, 0) is 4.79 Å². The van der Waals surface area contributed by atoms with Gasteiger partial charge in [0.2, 0.25) is 0 Å². The number of rotatable bonds is 2. The van der Waals surface area contributed by atoms with Crippen molar-refractivity contribution in [3.63, 3.8) is 0 Å². The van der Waals surface area contributed by atoms with Crippen LogP contribution in [0.5, 0.6) is 0 Å². The highest BCUT2D eigenvalue weighted by Crippen LogP contribution is 2.15. The summed E-state index contributed by atoms with van der Waals surface area (Å²) in [4.78, 5) is 21.7. The van der Waals surface area contributed by atoms with Gasteiger partial charge in [0.1, 0.15) is 11.6 Å². The van der Waals surface area contributed by atoms with Crippen molar-refractivity contribution in [2.45, 2.75) is 13.8 Å². The lowest BCUT2D eigenvalue weighted by molar-refractivity contribution is -0.109. The fraction of sp³-hybridized carbons (Fsp3) is 0.231. The van der Waals surface area contributed by atoms with Crippen molar-refractivity contribution in [2.24, 2.45) is 0 Å². The monoisotopic (exact) mass is 268 g/mol. The number of halogens is 2. The van der Waals surface area contributed by atoms with E-state index in [1.54, 1.807) is 0 Å². The Hall–Kier alpha value is -1.67. The van der Waals surface area contributed by atoms with Gasteiger partial charge in [0, 0.05) is 13.0 Å². The van der Waals surface area contributed by atoms with Crippen LogP contribution in [0.3, 0.4) is 0 Å². The Morgan fingerprint density at radius 3 is 2.44 bits per heavy atom. The van der Waals surface area contributed by atoms with Gasteiger partial charge in [0.15, 0.2) is 10.9 Å². The minimum atomic E-state index is -0.899. The molecule has 0 saturated heterocycles. The number of hydrogen-bond acceptors (Lipinski definition) is 3. The quantitative estimate of drug-likeness (QED) is 0.611. The molecule has 94 valence electrons. The lowest BCUT2D eigenvalue weighted by Gasteiger charge is -2.00. The van der Waals surface area contributed by atoms with Crippen LogP contribution >= 0.6 is 11.8 Å². The highest BCUT2D eigenvalue weighted by molar-refractivity contribution is 8.13. The average Bonchev–Trinajstić information content (AvgIpc) is 2.25. The molecule has 1 aromatic carbocycles. The SMILES string of the molecule is CC(=O)SCC#Cc1cc(C(C)=O)c(F)cc1F. The Labute approximate surface area is 108 Å². The number of carbonyl (C=O) groups is 2. The Morgan fingerprint density at radius 1 is 1.22 bits per heavy atom. The Morgan fingerprint density at radius 2 is 1.89 bits per heavy atom. The van der Waals surface area contributed by atoms with Crippen LogP contribution in [0.25, 0.3) is 0 Å². The molecule has 5 heteroatoms. The third-order valence-corrected chi connectivity index (χ3v) is 2.70. The van der Waals surface area contributed by atoms with E-state index >= 15 is 0 Å². The number of thioether (sulfide) groups is 1. The third-order valence-electron chi connectivity index (χ3n) is 2.01. The lowest BCUT2D eigenvalue weighted by Crippen LogP contribution is -2.00. The second-order valence-electron chi connectivity index (χ2n) is 3.45. The van der Waals surface area contributed by atoms with Crippen molar-refractivity contribution in [3.8, 4) is 11.8 Å². The fourth-order valence-electron chi connectivity index (χ4n) is 1.18. The van der Waals surface area contributed by atoms with E-state index in [-0.39, 0.29) is 22.0 Å². The summed E-state index contributed by atoms with van der Waals surface area (Å²) in [5, 5.41) is -0.0895. The molecule has 2 nitrogen and oxygen atoms in total. The second kappa shape index (κ2) is 6.31. The summed E-state index contributed by atoms with van der Waals surface area (Å²) < 4.78 is 26.6. The summed E-state index contributed by atoms with van der Waals surface area (Å²) >= 11 is 0.994. The predicted octanol–water partition coefficient (Wildman–Crippen LogP) is 2.80. The predicted molar refractivity (Wildman–Crippen MR) is 66.4 cm³/mol. The van der Waals surface area contributed by atoms with E-state index in [1.807, 2.05) is 0 Å². The number of hydrogen-bond donors (Lipinski definition) is 0. The van der Waals surface area contributed by atoms with E-state index in [2.05, 4.69) is 11.8 Å². The maximum atomic E-state index is 13.4. The maximum Gasteiger partial charge on any atom is 0.186 e. The molecule has 1 rings (SSSR count). The normalized spacial score (nSPS) is 9.56. The minimum absolute atomic E-state index is 0.0502. The molecule has 0 saturated carbocycles. The van der Waals surface area contributed by atoms with Crippen molar-refractivity contribution in [1.29, 1.82) is 0 Å². The van der Waals surface area contributed by atoms with Gasteiger partial charge < -0.3 is 0 Å². The molecule has 0 aliphatic carbocycles. The van der Waals surface area contributed by atoms with Crippen LogP contribution < -0.4 is 0 Å². The van der Waals surface area contributed by atoms with Crippen molar-refractivity contribution in [3.05, 3.63) is 34.9 Å². The number of carbonyl (C=O) groups excluding carboxylic acids is 2. The summed E-state index contributed by atoms with van der Waals surface area (Å²) in [5.41, 5.74) is -0.245. The van der Waals surface area contributed by atoms with E-state index < -0.39 is 17.4 Å². The van der Waals surface area contributed by atoms with Gasteiger partial charge in [-0.1, -0.05) is 23.6 Å². The first kappa shape index (κ1) is 14.4. The molecule has 0 fully saturated rings. The van der Waals surface area contributed by atoms with Crippen molar-refractivity contribution in [1.82, 2.24) is 0 Å². The standard InChI is InChI=1S/C13H10F2O2S/c1-8(16)11-6-10(12(14)7-13(11)15)4-3-5-18-9(2)17/h6-7H,5H2,1-2H3. The number of ketones is 1. The molecule has 0 bridgehead atoms. The zero-order valence-corrected chi connectivity index (χ0v) is 10.7. The fourth-order valence-corrected chi connectivity index (χ4v) is 1.53. The van der Waals surface area contributed by atoms with Gasteiger partial charge in [-0.2, -0.15) is 0 Å². The summed E-state index contributed by atoms with van der Waals surface area (Å²) in [7, 11) is 0. The first-order valence-corrected chi connectivity index (χ1v) is 6.02. The van der Waals surface area contributed by atoms with Crippen molar-refractivity contribution >= 4 is 22.7 Å². The van der Waals surface area contributed by atoms with Gasteiger partial charge in [-0.25, -0.2) is 8.78 Å². The summed E-state index contributed by atoms with van der Waals surface area (Å²) in [6.07, 6.45) is 0. The zero-order chi connectivity index (χ0) is 13.7. The molecule has 0 aromatic heterocycles. The van der Waals surface area contributed by atoms with Crippen molar-refractivity contribution < 1.29 is 18.4 Å². The number of Topliss-reactive ketones (excluding diaryl/α,β-unsaturated/α-hetero) is 1. The molecule has 0 spiro atoms. The molecule has 0 unspecified atom stereocenters. The lowest BCUT2D eigenvalue weighted by atomic mass is 10.1. The molecule has 0 amide bonds. The molecule has 0 radical (unpaired) electrons. The van der Waals surface area contributed by atoms with Crippen LogP contribution in [0.1, 0.15) is 29.8 Å². The van der Waals surface area contributed by atoms with Crippen LogP contribution in [0.2, 0.25) is 0 Å². The molecule has 0 aliphatic rings. The van der Waals surface area contributed by atoms with Crippen LogP contribution in [0, 0.1) is 23.5 Å². The molecular weight excluding hydrogens is 258 g/mol. The van der Waals surface area contributed by atoms with Crippen LogP contribution in [0.4, 0.5) is 8.78 Å². The largest absolute Gasteiger partial charge is 0.294 e. The van der Waals surface area contributed by atoms with E-state index in [9.17, 15) is 18.4 Å². The van der Waals surface area contributed by atoms with E-state index in [4.69, 9.17) is 0 Å². The Bertz CT molecular complexity index is 556. The first-order valence-electron chi connectivity index (χ1n) is 5.04. The van der Waals surface area contributed by atoms with Gasteiger partial charge in [-0.05, 0) is 13.0 Å². The van der Waals surface area contributed by atoms with Crippen LogP contribution in [0.15, 0.2) is 12.1 Å². The van der Waals surface area contributed by atoms with Gasteiger partial charge in [0.05, 0.1) is 16.9 Å². The van der Waals surface area contributed by atoms with E-state index in [0.29, 0.717) is 6.07 Å². The molecule has 0 atom stereocenters. The second-order valence-corrected chi connectivity index (χ2v) is 4.60. The maximum absolute atomic E-state index is 13.4. The summed E-state index contributed by atoms with van der Waals surface area (Å²) in [6.45, 7) is 2.60. The smallest absolute Gasteiger partial charge is 0.186 e. The highest BCUT2D eigenvalue weighted by atomic mass is 32.2. The summed E-state index contributed by atoms with van der Waals surface area (Å²) in [5.74, 6) is 3.06. The third kappa shape index (κ3) is 3.97. The molecule has 1 aromatic rings. The van der Waals surface area contributed by atoms with Crippen molar-refractivity contribution in [2.75, 3.05) is 5.75 Å². The van der Waals surface area contributed by atoms with Gasteiger partial charge in [-0.15, -0.1) is 0 Å². The molecule has 18 heavy (non-hydrogen) atoms. The molecular formula is C13H10F2O2S. The minimum Gasteiger partial charge on any atom is -0.294 e. The van der Waals surface area contributed by atoms with Crippen LogP contribution in [-0.4, -0.2) is 16.7 Å². The van der Waals surface area contributed by atoms with Gasteiger partial charge >= 0.3 is 0 Å². The Balaban J connectivity index is 2.98. The zero-order valence-electron chi connectivity index (χ0n) is 9.84. The average molecular weight is 268 g/mol. The van der Waals surface area contributed by atoms with Gasteiger partial charge in [0.25, 0.3) is 0 Å². The molecule has 0 N–H and O–H groups in total. The number of benzene rings is 1. The Kier molecular flexibility index (Phi) is 5.05. The van der Waals surface area contributed by atoms with E-state index in [0.717, 1.165) is 17.8 Å². The highest BCUT2D eigenvalue weighted by Gasteiger charge is 2.11. The summed E-state index contributed by atoms with van der Waals surface area (Å²) in [6, 6.07) is 1.72.